The number of fused-ring (bicyclic) bond motifs is 1. The van der Waals surface area contributed by atoms with Crippen LogP contribution >= 0.6 is 0 Å². The van der Waals surface area contributed by atoms with Gasteiger partial charge in [0.15, 0.2) is 6.61 Å². The largest absolute Gasteiger partial charge is 0.484 e. The molecule has 7 nitrogen and oxygen atoms in total. The summed E-state index contributed by atoms with van der Waals surface area (Å²) in [6, 6.07) is 7.51. The van der Waals surface area contributed by atoms with Gasteiger partial charge in [0.05, 0.1) is 0 Å². The number of hydrogen-bond acceptors (Lipinski definition) is 5. The maximum atomic E-state index is 11.9. The van der Waals surface area contributed by atoms with Crippen LogP contribution in [-0.4, -0.2) is 24.6 Å². The molecular weight excluding hydrogens is 336 g/mol. The zero-order chi connectivity index (χ0) is 18.5. The Bertz CT molecular complexity index is 860. The third-order valence-electron chi connectivity index (χ3n) is 4.65. The minimum atomic E-state index is -0.541. The van der Waals surface area contributed by atoms with Crippen molar-refractivity contribution in [2.75, 3.05) is 6.61 Å². The molecule has 2 aromatic rings. The molecule has 0 saturated heterocycles. The normalized spacial score (nSPS) is 19.7. The second-order valence-corrected chi connectivity index (χ2v) is 6.63. The molecule has 0 radical (unpaired) electrons. The first kappa shape index (κ1) is 18.0. The minimum Gasteiger partial charge on any atom is -0.484 e. The highest BCUT2D eigenvalue weighted by atomic mass is 16.5. The Morgan fingerprint density at radius 3 is 2.77 bits per heavy atom. The van der Waals surface area contributed by atoms with Gasteiger partial charge in [-0.2, -0.15) is 0 Å². The van der Waals surface area contributed by atoms with Gasteiger partial charge >= 0.3 is 11.7 Å². The van der Waals surface area contributed by atoms with Crippen LogP contribution in [0.4, 0.5) is 4.79 Å². The molecule has 1 fully saturated rings. The van der Waals surface area contributed by atoms with E-state index in [4.69, 9.17) is 9.15 Å². The molecule has 1 aliphatic rings. The van der Waals surface area contributed by atoms with Gasteiger partial charge in [-0.1, -0.05) is 19.8 Å². The highest BCUT2D eigenvalue weighted by Crippen LogP contribution is 2.23. The van der Waals surface area contributed by atoms with E-state index in [9.17, 15) is 14.4 Å². The van der Waals surface area contributed by atoms with E-state index >= 15 is 0 Å². The molecule has 2 atom stereocenters. The highest BCUT2D eigenvalue weighted by Gasteiger charge is 2.23. The van der Waals surface area contributed by atoms with E-state index in [0.29, 0.717) is 17.3 Å². The van der Waals surface area contributed by atoms with E-state index in [1.54, 1.807) is 18.2 Å². The predicted molar refractivity (Wildman–Crippen MR) is 96.1 cm³/mol. The van der Waals surface area contributed by atoms with Gasteiger partial charge in [0.25, 0.3) is 5.91 Å². The number of imide groups is 1. The smallest absolute Gasteiger partial charge is 0.336 e. The van der Waals surface area contributed by atoms with Crippen molar-refractivity contribution in [3.63, 3.8) is 0 Å². The maximum Gasteiger partial charge on any atom is 0.336 e. The molecule has 7 heteroatoms. The summed E-state index contributed by atoms with van der Waals surface area (Å²) in [7, 11) is 0. The third kappa shape index (κ3) is 4.62. The number of hydrogen-bond donors (Lipinski definition) is 2. The molecule has 1 aliphatic carbocycles. The average Bonchev–Trinajstić information content (AvgIpc) is 2.61. The number of benzene rings is 1. The number of ether oxygens (including phenoxy) is 1. The molecule has 0 aliphatic heterocycles. The number of carbonyl (C=O) groups excluding carboxylic acids is 2. The molecular formula is C19H22N2O5. The van der Waals surface area contributed by atoms with Crippen LogP contribution < -0.4 is 21.0 Å². The van der Waals surface area contributed by atoms with Crippen LogP contribution in [0.2, 0.25) is 0 Å². The lowest BCUT2D eigenvalue weighted by Gasteiger charge is -2.29. The van der Waals surface area contributed by atoms with E-state index in [0.717, 1.165) is 24.6 Å². The second-order valence-electron chi connectivity index (χ2n) is 6.63. The summed E-state index contributed by atoms with van der Waals surface area (Å²) in [6.45, 7) is 1.79. The van der Waals surface area contributed by atoms with Crippen LogP contribution in [-0.2, 0) is 4.79 Å². The van der Waals surface area contributed by atoms with Gasteiger partial charge in [-0.05, 0) is 37.0 Å². The molecule has 26 heavy (non-hydrogen) atoms. The van der Waals surface area contributed by atoms with Gasteiger partial charge in [-0.25, -0.2) is 9.59 Å². The Morgan fingerprint density at radius 2 is 1.96 bits per heavy atom. The lowest BCUT2D eigenvalue weighted by molar-refractivity contribution is -0.122. The maximum absolute atomic E-state index is 11.9. The van der Waals surface area contributed by atoms with E-state index in [2.05, 4.69) is 17.6 Å². The van der Waals surface area contributed by atoms with Crippen LogP contribution in [0.3, 0.4) is 0 Å². The molecule has 1 aromatic heterocycles. The van der Waals surface area contributed by atoms with Crippen molar-refractivity contribution in [1.29, 1.82) is 0 Å². The van der Waals surface area contributed by atoms with Crippen molar-refractivity contribution in [2.24, 2.45) is 5.92 Å². The van der Waals surface area contributed by atoms with Crippen LogP contribution in [0.1, 0.15) is 32.6 Å². The fourth-order valence-electron chi connectivity index (χ4n) is 3.18. The highest BCUT2D eigenvalue weighted by molar-refractivity contribution is 5.95. The van der Waals surface area contributed by atoms with Crippen molar-refractivity contribution in [3.8, 4) is 5.75 Å². The number of nitrogens with one attached hydrogen (secondary N) is 2. The van der Waals surface area contributed by atoms with Crippen molar-refractivity contribution in [1.82, 2.24) is 10.6 Å². The van der Waals surface area contributed by atoms with Gasteiger partial charge in [-0.3, -0.25) is 10.1 Å². The lowest BCUT2D eigenvalue weighted by Crippen LogP contribution is -2.48. The van der Waals surface area contributed by atoms with E-state index in [-0.39, 0.29) is 12.6 Å². The molecule has 0 unspecified atom stereocenters. The van der Waals surface area contributed by atoms with Crippen LogP contribution in [0.15, 0.2) is 39.5 Å². The summed E-state index contributed by atoms with van der Waals surface area (Å²) >= 11 is 0. The average molecular weight is 358 g/mol. The predicted octanol–water partition coefficient (Wildman–Crippen LogP) is 2.58. The molecule has 138 valence electrons. The molecule has 0 bridgehead atoms. The van der Waals surface area contributed by atoms with Gasteiger partial charge in [0.1, 0.15) is 11.3 Å². The fourth-order valence-corrected chi connectivity index (χ4v) is 3.18. The van der Waals surface area contributed by atoms with E-state index < -0.39 is 17.6 Å². The van der Waals surface area contributed by atoms with Gasteiger partial charge in [-0.15, -0.1) is 0 Å². The zero-order valence-electron chi connectivity index (χ0n) is 14.6. The molecule has 1 saturated carbocycles. The lowest BCUT2D eigenvalue weighted by atomic mass is 9.86. The first-order valence-corrected chi connectivity index (χ1v) is 8.78. The molecule has 2 N–H and O–H groups in total. The van der Waals surface area contributed by atoms with Crippen LogP contribution in [0.25, 0.3) is 11.0 Å². The summed E-state index contributed by atoms with van der Waals surface area (Å²) in [5, 5.41) is 5.88. The van der Waals surface area contributed by atoms with Gasteiger partial charge in [0.2, 0.25) is 0 Å². The van der Waals surface area contributed by atoms with Crippen LogP contribution in [0, 0.1) is 5.92 Å². The summed E-state index contributed by atoms with van der Waals surface area (Å²) in [4.78, 5) is 35.1. The first-order chi connectivity index (χ1) is 12.5. The van der Waals surface area contributed by atoms with Gasteiger partial charge < -0.3 is 14.5 Å². The Balaban J connectivity index is 1.50. The van der Waals surface area contributed by atoms with Crippen molar-refractivity contribution in [2.45, 2.75) is 38.6 Å². The van der Waals surface area contributed by atoms with Crippen molar-refractivity contribution in [3.05, 3.63) is 40.8 Å². The number of carbonyl (C=O) groups is 2. The minimum absolute atomic E-state index is 0.0980. The monoisotopic (exact) mass is 358 g/mol. The standard InChI is InChI=1S/C19H22N2O5/c1-12-4-2-3-5-15(12)20-19(24)21-17(22)11-25-14-8-6-13-7-9-18(23)26-16(13)10-14/h6-10,12,15H,2-5,11H2,1H3,(H2,20,21,22,24)/t12-,15-/m0/s1. The van der Waals surface area contributed by atoms with Crippen molar-refractivity contribution >= 4 is 22.9 Å². The Kier molecular flexibility index (Phi) is 5.55. The molecule has 1 heterocycles. The van der Waals surface area contributed by atoms with Gasteiger partial charge in [0, 0.05) is 23.6 Å². The van der Waals surface area contributed by atoms with E-state index in [1.165, 1.54) is 18.6 Å². The summed E-state index contributed by atoms with van der Waals surface area (Å²) in [6.07, 6.45) is 4.28. The SMILES string of the molecule is C[C@H]1CCCC[C@@H]1NC(=O)NC(=O)COc1ccc2ccc(=O)oc2c1. The fraction of sp³-hybridized carbons (Fsp3) is 0.421. The summed E-state index contributed by atoms with van der Waals surface area (Å²) in [5.74, 6) is 0.247. The van der Waals surface area contributed by atoms with Crippen LogP contribution in [0.5, 0.6) is 5.75 Å². The molecule has 1 aromatic carbocycles. The van der Waals surface area contributed by atoms with E-state index in [1.807, 2.05) is 0 Å². The van der Waals surface area contributed by atoms with Crippen molar-refractivity contribution < 1.29 is 18.7 Å². The molecule has 3 rings (SSSR count). The number of amides is 3. The Hall–Kier alpha value is -2.83. The molecule has 3 amide bonds. The summed E-state index contributed by atoms with van der Waals surface area (Å²) in [5.41, 5.74) is -0.0829. The topological polar surface area (TPSA) is 97.6 Å². The third-order valence-corrected chi connectivity index (χ3v) is 4.65. The molecule has 0 spiro atoms. The number of urea groups is 1. The zero-order valence-corrected chi connectivity index (χ0v) is 14.6. The summed E-state index contributed by atoms with van der Waals surface area (Å²) < 4.78 is 10.4. The second kappa shape index (κ2) is 8.03. The Morgan fingerprint density at radius 1 is 1.19 bits per heavy atom. The quantitative estimate of drug-likeness (QED) is 0.819. The number of rotatable bonds is 4. The first-order valence-electron chi connectivity index (χ1n) is 8.78. The Labute approximate surface area is 150 Å².